The fourth-order valence-corrected chi connectivity index (χ4v) is 1.89. The van der Waals surface area contributed by atoms with E-state index in [1.807, 2.05) is 12.1 Å². The lowest BCUT2D eigenvalue weighted by atomic mass is 10.1. The molecule has 1 heterocycles. The largest absolute Gasteiger partial charge is 0.497 e. The Labute approximate surface area is 132 Å². The van der Waals surface area contributed by atoms with Gasteiger partial charge >= 0.3 is 11.8 Å². The molecular formula is C15H17N3O5. The molecule has 0 spiro atoms. The van der Waals surface area contributed by atoms with Gasteiger partial charge in [0.15, 0.2) is 5.82 Å². The Morgan fingerprint density at radius 3 is 2.74 bits per heavy atom. The summed E-state index contributed by atoms with van der Waals surface area (Å²) in [6.07, 6.45) is 0.881. The fraction of sp³-hybridized carbons (Fsp3) is 0.267. The molecule has 0 aliphatic heterocycles. The number of aromatic nitrogens is 1. The summed E-state index contributed by atoms with van der Waals surface area (Å²) in [4.78, 5) is 23.5. The number of rotatable bonds is 6. The van der Waals surface area contributed by atoms with Gasteiger partial charge in [-0.25, -0.2) is 0 Å². The Morgan fingerprint density at radius 1 is 1.26 bits per heavy atom. The van der Waals surface area contributed by atoms with E-state index in [-0.39, 0.29) is 12.4 Å². The number of nitrogens with zero attached hydrogens (tertiary/aromatic N) is 1. The smallest absolute Gasteiger partial charge is 0.314 e. The SMILES string of the molecule is COc1cccc(C(CNC(=O)C(=O)Nc2ccon2)OC)c1. The highest BCUT2D eigenvalue weighted by molar-refractivity contribution is 6.39. The van der Waals surface area contributed by atoms with Gasteiger partial charge in [-0.2, -0.15) is 0 Å². The number of benzene rings is 1. The quantitative estimate of drug-likeness (QED) is 0.774. The van der Waals surface area contributed by atoms with Crippen molar-refractivity contribution in [3.63, 3.8) is 0 Å². The molecule has 0 saturated heterocycles. The van der Waals surface area contributed by atoms with Crippen molar-refractivity contribution in [1.82, 2.24) is 10.5 Å². The van der Waals surface area contributed by atoms with E-state index in [9.17, 15) is 9.59 Å². The van der Waals surface area contributed by atoms with Crippen LogP contribution < -0.4 is 15.4 Å². The van der Waals surface area contributed by atoms with Gasteiger partial charge in [-0.15, -0.1) is 0 Å². The van der Waals surface area contributed by atoms with Gasteiger partial charge in [0.05, 0.1) is 13.2 Å². The molecule has 2 rings (SSSR count). The highest BCUT2D eigenvalue weighted by Gasteiger charge is 2.18. The van der Waals surface area contributed by atoms with E-state index in [2.05, 4.69) is 20.3 Å². The topological polar surface area (TPSA) is 103 Å². The first-order chi connectivity index (χ1) is 11.1. The second-order valence-electron chi connectivity index (χ2n) is 4.55. The van der Waals surface area contributed by atoms with Crippen LogP contribution >= 0.6 is 0 Å². The summed E-state index contributed by atoms with van der Waals surface area (Å²) in [6, 6.07) is 8.70. The van der Waals surface area contributed by atoms with E-state index < -0.39 is 17.9 Å². The van der Waals surface area contributed by atoms with Crippen molar-refractivity contribution < 1.29 is 23.6 Å². The number of methoxy groups -OCH3 is 2. The molecule has 1 atom stereocenters. The number of hydrogen-bond donors (Lipinski definition) is 2. The minimum atomic E-state index is -0.834. The summed E-state index contributed by atoms with van der Waals surface area (Å²) < 4.78 is 15.1. The van der Waals surface area contributed by atoms with Gasteiger partial charge in [-0.3, -0.25) is 14.9 Å². The Morgan fingerprint density at radius 2 is 2.09 bits per heavy atom. The van der Waals surface area contributed by atoms with Gasteiger partial charge in [0, 0.05) is 19.7 Å². The lowest BCUT2D eigenvalue weighted by Crippen LogP contribution is -2.38. The zero-order valence-electron chi connectivity index (χ0n) is 12.7. The van der Waals surface area contributed by atoms with Crippen molar-refractivity contribution in [2.75, 3.05) is 26.1 Å². The molecule has 1 aromatic heterocycles. The molecule has 2 aromatic rings. The molecule has 1 unspecified atom stereocenters. The minimum Gasteiger partial charge on any atom is -0.497 e. The van der Waals surface area contributed by atoms with Crippen molar-refractivity contribution in [1.29, 1.82) is 0 Å². The third-order valence-corrected chi connectivity index (χ3v) is 3.08. The van der Waals surface area contributed by atoms with Gasteiger partial charge in [-0.05, 0) is 17.7 Å². The zero-order valence-corrected chi connectivity index (χ0v) is 12.7. The summed E-state index contributed by atoms with van der Waals surface area (Å²) in [6.45, 7) is 0.134. The third kappa shape index (κ3) is 4.55. The van der Waals surface area contributed by atoms with Gasteiger partial charge in [0.25, 0.3) is 0 Å². The molecular weight excluding hydrogens is 302 g/mol. The number of carbonyl (C=O) groups is 2. The van der Waals surface area contributed by atoms with Gasteiger partial charge < -0.3 is 19.3 Å². The molecule has 0 saturated carbocycles. The number of nitrogens with one attached hydrogen (secondary N) is 2. The second kappa shape index (κ2) is 7.95. The second-order valence-corrected chi connectivity index (χ2v) is 4.55. The zero-order chi connectivity index (χ0) is 16.7. The monoisotopic (exact) mass is 319 g/mol. The van der Waals surface area contributed by atoms with Gasteiger partial charge in [0.1, 0.15) is 12.0 Å². The molecule has 0 bridgehead atoms. The Bertz CT molecular complexity index is 657. The average molecular weight is 319 g/mol. The molecule has 23 heavy (non-hydrogen) atoms. The van der Waals surface area contributed by atoms with Crippen LogP contribution in [0.2, 0.25) is 0 Å². The van der Waals surface area contributed by atoms with E-state index >= 15 is 0 Å². The summed E-state index contributed by atoms with van der Waals surface area (Å²) in [7, 11) is 3.09. The lowest BCUT2D eigenvalue weighted by molar-refractivity contribution is -0.136. The first-order valence-corrected chi connectivity index (χ1v) is 6.80. The summed E-state index contributed by atoms with van der Waals surface area (Å²) in [5, 5.41) is 8.30. The molecule has 2 amide bonds. The predicted molar refractivity (Wildman–Crippen MR) is 80.9 cm³/mol. The standard InChI is InChI=1S/C15H17N3O5/c1-21-11-5-3-4-10(8-11)12(22-2)9-16-14(19)15(20)17-13-6-7-23-18-13/h3-8,12H,9H2,1-2H3,(H,16,19)(H,17,18,20). The van der Waals surface area contributed by atoms with Crippen LogP contribution in [0.4, 0.5) is 5.82 Å². The van der Waals surface area contributed by atoms with E-state index in [0.29, 0.717) is 5.75 Å². The van der Waals surface area contributed by atoms with Crippen LogP contribution in [-0.4, -0.2) is 37.7 Å². The van der Waals surface area contributed by atoms with E-state index in [4.69, 9.17) is 9.47 Å². The average Bonchev–Trinajstić information content (AvgIpc) is 3.08. The van der Waals surface area contributed by atoms with E-state index in [1.54, 1.807) is 19.2 Å². The molecule has 8 heteroatoms. The van der Waals surface area contributed by atoms with Gasteiger partial charge in [-0.1, -0.05) is 17.3 Å². The first-order valence-electron chi connectivity index (χ1n) is 6.80. The van der Waals surface area contributed by atoms with Crippen LogP contribution in [-0.2, 0) is 14.3 Å². The maximum Gasteiger partial charge on any atom is 0.314 e. The Balaban J connectivity index is 1.91. The van der Waals surface area contributed by atoms with E-state index in [0.717, 1.165) is 5.56 Å². The molecule has 2 N–H and O–H groups in total. The number of carbonyl (C=O) groups excluding carboxylic acids is 2. The maximum atomic E-state index is 11.8. The van der Waals surface area contributed by atoms with Crippen molar-refractivity contribution in [2.45, 2.75) is 6.10 Å². The Kier molecular flexibility index (Phi) is 5.70. The summed E-state index contributed by atoms with van der Waals surface area (Å²) in [5.41, 5.74) is 0.823. The maximum absolute atomic E-state index is 11.8. The van der Waals surface area contributed by atoms with Gasteiger partial charge in [0.2, 0.25) is 0 Å². The van der Waals surface area contributed by atoms with E-state index in [1.165, 1.54) is 19.4 Å². The lowest BCUT2D eigenvalue weighted by Gasteiger charge is -2.17. The molecule has 0 aliphatic rings. The fourth-order valence-electron chi connectivity index (χ4n) is 1.89. The van der Waals surface area contributed by atoms with Crippen LogP contribution in [0.15, 0.2) is 41.1 Å². The normalized spacial score (nSPS) is 11.6. The Hall–Kier alpha value is -2.87. The van der Waals surface area contributed by atoms with Crippen molar-refractivity contribution in [3.8, 4) is 5.75 Å². The van der Waals surface area contributed by atoms with Crippen LogP contribution in [0, 0.1) is 0 Å². The molecule has 0 fully saturated rings. The van der Waals surface area contributed by atoms with Crippen LogP contribution in [0.3, 0.4) is 0 Å². The molecule has 1 aromatic carbocycles. The highest BCUT2D eigenvalue weighted by atomic mass is 16.5. The third-order valence-electron chi connectivity index (χ3n) is 3.08. The summed E-state index contributed by atoms with van der Waals surface area (Å²) in [5.74, 6) is -0.779. The number of hydrogen-bond acceptors (Lipinski definition) is 6. The predicted octanol–water partition coefficient (Wildman–Crippen LogP) is 1.13. The van der Waals surface area contributed by atoms with Crippen molar-refractivity contribution >= 4 is 17.6 Å². The van der Waals surface area contributed by atoms with Crippen LogP contribution in [0.25, 0.3) is 0 Å². The van der Waals surface area contributed by atoms with Crippen LogP contribution in [0.5, 0.6) is 5.75 Å². The van der Waals surface area contributed by atoms with Crippen LogP contribution in [0.1, 0.15) is 11.7 Å². The number of amides is 2. The first kappa shape index (κ1) is 16.5. The minimum absolute atomic E-state index is 0.134. The van der Waals surface area contributed by atoms with Crippen molar-refractivity contribution in [3.05, 3.63) is 42.2 Å². The van der Waals surface area contributed by atoms with Crippen molar-refractivity contribution in [2.24, 2.45) is 0 Å². The summed E-state index contributed by atoms with van der Waals surface area (Å²) >= 11 is 0. The molecule has 122 valence electrons. The number of anilines is 1. The number of ether oxygens (including phenoxy) is 2. The molecule has 0 aliphatic carbocycles. The highest BCUT2D eigenvalue weighted by Crippen LogP contribution is 2.20. The molecule has 8 nitrogen and oxygen atoms in total. The molecule has 0 radical (unpaired) electrons.